The quantitative estimate of drug-likeness (QED) is 0.550. The first-order chi connectivity index (χ1) is 2.91. The van der Waals surface area contributed by atoms with Crippen LogP contribution in [0.1, 0.15) is 0 Å². The van der Waals surface area contributed by atoms with E-state index in [1.54, 1.807) is 0 Å². The minimum atomic E-state index is 0. The molecule has 2 nitrogen and oxygen atoms in total. The van der Waals surface area contributed by atoms with Gasteiger partial charge in [-0.15, -0.1) is 0 Å². The predicted molar refractivity (Wildman–Crippen MR) is 22.6 cm³/mol. The van der Waals surface area contributed by atoms with Crippen molar-refractivity contribution in [3.05, 3.63) is 14.2 Å². The van der Waals surface area contributed by atoms with E-state index >= 15 is 0 Å². The molecule has 2 radical (unpaired) electrons. The Balaban J connectivity index is -0.000000125. The molecule has 8 heavy (non-hydrogen) atoms. The Morgan fingerprint density at radius 3 is 1.25 bits per heavy atom. The molecule has 0 aliphatic heterocycles. The van der Waals surface area contributed by atoms with Gasteiger partial charge in [0, 0.05) is 78.6 Å². The molecule has 0 aliphatic rings. The second-order valence-corrected chi connectivity index (χ2v) is 0.816. The zero-order valence-corrected chi connectivity index (χ0v) is 10.5. The fourth-order valence-electron chi connectivity index (χ4n) is 0.118. The normalized spacial score (nSPS) is 6.75. The minimum absolute atomic E-state index is 0. The molecule has 0 bridgehead atoms. The van der Waals surface area contributed by atoms with Gasteiger partial charge in [-0.3, -0.25) is 0 Å². The summed E-state index contributed by atoms with van der Waals surface area (Å²) in [5.74, 6) is 0. The average molecular weight is 266 g/mol. The molecule has 0 amide bonds. The van der Waals surface area contributed by atoms with Crippen LogP contribution in [0.3, 0.4) is 0 Å². The molecule has 44 valence electrons. The van der Waals surface area contributed by atoms with Gasteiger partial charge in [-0.2, -0.15) is 0 Å². The molecule has 0 rings (SSSR count). The zero-order chi connectivity index (χ0) is 4.83. The maximum absolute atomic E-state index is 4.37. The zero-order valence-electron chi connectivity index (χ0n) is 4.80. The van der Waals surface area contributed by atoms with E-state index in [1.807, 2.05) is 0 Å². The summed E-state index contributed by atoms with van der Waals surface area (Å²) in [6, 6.07) is 0. The van der Waals surface area contributed by atoms with Gasteiger partial charge in [0.1, 0.15) is 0 Å². The van der Waals surface area contributed by atoms with E-state index in [9.17, 15) is 0 Å². The van der Waals surface area contributed by atoms with Crippen molar-refractivity contribution < 1.29 is 74.9 Å². The summed E-state index contributed by atoms with van der Waals surface area (Å²) >= 11 is 0. The summed E-state index contributed by atoms with van der Waals surface area (Å²) in [4.78, 5) is 0. The second-order valence-electron chi connectivity index (χ2n) is 0.816. The van der Waals surface area contributed by atoms with Gasteiger partial charge < -0.3 is 9.47 Å². The van der Waals surface area contributed by atoms with Crippen molar-refractivity contribution in [1.29, 1.82) is 0 Å². The van der Waals surface area contributed by atoms with Crippen molar-refractivity contribution >= 4 is 0 Å². The largest absolute Gasteiger partial charge is 0.553 e. The first-order valence-electron chi connectivity index (χ1n) is 1.65. The first-order valence-corrected chi connectivity index (χ1v) is 1.65. The van der Waals surface area contributed by atoms with Crippen LogP contribution in [0, 0.1) is 14.2 Å². The Morgan fingerprint density at radius 2 is 1.12 bits per heavy atom. The van der Waals surface area contributed by atoms with Gasteiger partial charge >= 0.3 is 0 Å². The molecule has 0 aromatic rings. The number of ether oxygens (including phenoxy) is 2. The molecular formula is C4H8O2Y2-2. The molecule has 0 aromatic heterocycles. The topological polar surface area (TPSA) is 18.5 Å². The van der Waals surface area contributed by atoms with E-state index in [0.717, 1.165) is 0 Å². The van der Waals surface area contributed by atoms with E-state index < -0.39 is 0 Å². The third-order valence-electron chi connectivity index (χ3n) is 0.372. The molecule has 0 saturated carbocycles. The Bertz CT molecular complexity index is 24.0. The third kappa shape index (κ3) is 15.7. The Labute approximate surface area is 101 Å². The monoisotopic (exact) mass is 266 g/mol. The summed E-state index contributed by atoms with van der Waals surface area (Å²) in [7, 11) is 6.23. The Morgan fingerprint density at radius 1 is 0.875 bits per heavy atom. The van der Waals surface area contributed by atoms with Crippen molar-refractivity contribution in [2.24, 2.45) is 0 Å². The van der Waals surface area contributed by atoms with Crippen LogP contribution >= 0.6 is 0 Å². The summed E-state index contributed by atoms with van der Waals surface area (Å²) in [5, 5.41) is 0. The molecule has 0 spiro atoms. The van der Waals surface area contributed by atoms with E-state index in [4.69, 9.17) is 0 Å². The van der Waals surface area contributed by atoms with Crippen molar-refractivity contribution in [3.8, 4) is 0 Å². The minimum Gasteiger partial charge on any atom is -0.553 e. The molecule has 0 unspecified atom stereocenters. The molecule has 0 heterocycles. The molecule has 4 heteroatoms. The number of hydrogen-bond donors (Lipinski definition) is 0. The Kier molecular flexibility index (Phi) is 33.3. The smallest absolute Gasteiger partial charge is 0.0321 e. The van der Waals surface area contributed by atoms with E-state index in [0.29, 0.717) is 13.2 Å². The van der Waals surface area contributed by atoms with Crippen LogP contribution in [0.2, 0.25) is 0 Å². The maximum atomic E-state index is 4.37. The van der Waals surface area contributed by atoms with Crippen LogP contribution < -0.4 is 0 Å². The fourth-order valence-corrected chi connectivity index (χ4v) is 0.118. The maximum Gasteiger partial charge on any atom is 0.0321 e. The van der Waals surface area contributed by atoms with Crippen LogP contribution in [0.4, 0.5) is 0 Å². The molecule has 0 saturated heterocycles. The van der Waals surface area contributed by atoms with Gasteiger partial charge in [-0.05, 0) is 0 Å². The molecule has 0 atom stereocenters. The second kappa shape index (κ2) is 16.1. The van der Waals surface area contributed by atoms with Gasteiger partial charge in [0.25, 0.3) is 0 Å². The molecule has 0 N–H and O–H groups in total. The van der Waals surface area contributed by atoms with Gasteiger partial charge in [0.05, 0.1) is 0 Å². The standard InChI is InChI=1S/C4H8O2.2Y/c1-5-3-4-6-2;;/h1-4H2;;/q-2;;. The van der Waals surface area contributed by atoms with Gasteiger partial charge in [0.2, 0.25) is 0 Å². The number of rotatable bonds is 3. The molecular weight excluding hydrogens is 258 g/mol. The summed E-state index contributed by atoms with van der Waals surface area (Å²) in [6.07, 6.45) is 0. The third-order valence-corrected chi connectivity index (χ3v) is 0.372. The SMILES string of the molecule is [CH2-]OCCO[CH2-].[Y].[Y]. The van der Waals surface area contributed by atoms with Gasteiger partial charge in [0.15, 0.2) is 0 Å². The Hall–Kier alpha value is 2.13. The van der Waals surface area contributed by atoms with Crippen LogP contribution in [-0.4, -0.2) is 13.2 Å². The van der Waals surface area contributed by atoms with Gasteiger partial charge in [-0.1, -0.05) is 0 Å². The van der Waals surface area contributed by atoms with Crippen LogP contribution in [0.15, 0.2) is 0 Å². The summed E-state index contributed by atoms with van der Waals surface area (Å²) in [5.41, 5.74) is 0. The van der Waals surface area contributed by atoms with E-state index in [2.05, 4.69) is 23.7 Å². The van der Waals surface area contributed by atoms with Crippen LogP contribution in [-0.2, 0) is 74.9 Å². The van der Waals surface area contributed by atoms with E-state index in [-0.39, 0.29) is 65.4 Å². The summed E-state index contributed by atoms with van der Waals surface area (Å²) in [6.45, 7) is 1.03. The fraction of sp³-hybridized carbons (Fsp3) is 0.500. The summed E-state index contributed by atoms with van der Waals surface area (Å²) < 4.78 is 8.73. The molecule has 0 aromatic carbocycles. The first kappa shape index (κ1) is 16.6. The predicted octanol–water partition coefficient (Wildman–Crippen LogP) is 0.598. The van der Waals surface area contributed by atoms with Crippen molar-refractivity contribution in [3.63, 3.8) is 0 Å². The van der Waals surface area contributed by atoms with E-state index in [1.165, 1.54) is 0 Å². The van der Waals surface area contributed by atoms with Crippen molar-refractivity contribution in [2.75, 3.05) is 13.2 Å². The van der Waals surface area contributed by atoms with Crippen molar-refractivity contribution in [2.45, 2.75) is 0 Å². The number of hydrogen-bond acceptors (Lipinski definition) is 2. The average Bonchev–Trinajstić information content (AvgIpc) is 1.61. The van der Waals surface area contributed by atoms with Crippen LogP contribution in [0.25, 0.3) is 0 Å². The molecule has 0 fully saturated rings. The van der Waals surface area contributed by atoms with Gasteiger partial charge in [-0.25, -0.2) is 14.2 Å². The van der Waals surface area contributed by atoms with Crippen molar-refractivity contribution in [1.82, 2.24) is 0 Å². The molecule has 0 aliphatic carbocycles. The van der Waals surface area contributed by atoms with Crippen LogP contribution in [0.5, 0.6) is 0 Å².